The van der Waals surface area contributed by atoms with Gasteiger partial charge in [-0.2, -0.15) is 0 Å². The van der Waals surface area contributed by atoms with Crippen molar-refractivity contribution in [2.75, 3.05) is 0 Å². The van der Waals surface area contributed by atoms with E-state index in [1.54, 1.807) is 0 Å². The van der Waals surface area contributed by atoms with Gasteiger partial charge in [-0.15, -0.1) is 0 Å². The fourth-order valence-corrected chi connectivity index (χ4v) is 2.35. The van der Waals surface area contributed by atoms with Crippen molar-refractivity contribution < 1.29 is 5.11 Å². The summed E-state index contributed by atoms with van der Waals surface area (Å²) in [5, 5.41) is 10.2. The van der Waals surface area contributed by atoms with Crippen LogP contribution in [0.5, 0.6) is 0 Å². The summed E-state index contributed by atoms with van der Waals surface area (Å²) >= 11 is 0. The van der Waals surface area contributed by atoms with Crippen molar-refractivity contribution in [3.8, 4) is 0 Å². The van der Waals surface area contributed by atoms with Gasteiger partial charge in [-0.25, -0.2) is 0 Å². The first-order chi connectivity index (χ1) is 5.41. The lowest BCUT2D eigenvalue weighted by Crippen LogP contribution is -2.34. The molecule has 0 atom stereocenters. The molecule has 0 saturated heterocycles. The molecular weight excluding hydrogens is 160 g/mol. The molecule has 0 aliphatic heterocycles. The van der Waals surface area contributed by atoms with Crippen molar-refractivity contribution in [3.05, 3.63) is 0 Å². The summed E-state index contributed by atoms with van der Waals surface area (Å²) in [5.74, 6) is 0. The largest absolute Gasteiger partial charge is 0.390 e. The Morgan fingerprint density at radius 3 is 1.08 bits per heavy atom. The Morgan fingerprint density at radius 2 is 0.923 bits per heavy atom. The number of hydrogen-bond acceptors (Lipinski definition) is 1. The second kappa shape index (κ2) is 3.61. The highest BCUT2D eigenvalue weighted by atomic mass is 16.3. The van der Waals surface area contributed by atoms with E-state index in [-0.39, 0.29) is 10.8 Å². The van der Waals surface area contributed by atoms with Crippen molar-refractivity contribution in [1.29, 1.82) is 0 Å². The Balaban J connectivity index is 4.25. The minimum absolute atomic E-state index is 0.203. The van der Waals surface area contributed by atoms with Crippen molar-refractivity contribution >= 4 is 0 Å². The van der Waals surface area contributed by atoms with Crippen LogP contribution in [0.1, 0.15) is 61.3 Å². The van der Waals surface area contributed by atoms with Gasteiger partial charge in [-0.3, -0.25) is 0 Å². The van der Waals surface area contributed by atoms with Gasteiger partial charge < -0.3 is 5.11 Å². The second-order valence-electron chi connectivity index (χ2n) is 6.97. The molecule has 0 spiro atoms. The number of rotatable bonds is 2. The highest BCUT2D eigenvalue weighted by Gasteiger charge is 2.31. The zero-order chi connectivity index (χ0) is 10.9. The van der Waals surface area contributed by atoms with Gasteiger partial charge >= 0.3 is 0 Å². The second-order valence-corrected chi connectivity index (χ2v) is 6.97. The normalized spacial score (nSPS) is 14.8. The zero-order valence-corrected chi connectivity index (χ0v) is 10.4. The molecule has 0 amide bonds. The lowest BCUT2D eigenvalue weighted by Gasteiger charge is -2.35. The maximum absolute atomic E-state index is 10.2. The molecular formula is C12H26O. The van der Waals surface area contributed by atoms with Crippen molar-refractivity contribution in [2.45, 2.75) is 66.9 Å². The van der Waals surface area contributed by atoms with E-state index in [2.05, 4.69) is 41.5 Å². The van der Waals surface area contributed by atoms with Crippen LogP contribution < -0.4 is 0 Å². The molecule has 0 aromatic heterocycles. The van der Waals surface area contributed by atoms with Gasteiger partial charge in [-0.1, -0.05) is 41.5 Å². The van der Waals surface area contributed by atoms with Crippen LogP contribution in [0.25, 0.3) is 0 Å². The van der Waals surface area contributed by atoms with Gasteiger partial charge in [0.25, 0.3) is 0 Å². The van der Waals surface area contributed by atoms with Crippen LogP contribution in [-0.2, 0) is 0 Å². The van der Waals surface area contributed by atoms with Crippen LogP contribution in [-0.4, -0.2) is 10.7 Å². The Bertz CT molecular complexity index is 137. The summed E-state index contributed by atoms with van der Waals surface area (Å²) in [6, 6.07) is 0. The Hall–Kier alpha value is -0.0400. The Labute approximate surface area is 83.5 Å². The smallest absolute Gasteiger partial charge is 0.0629 e. The molecule has 0 radical (unpaired) electrons. The number of hydrogen-bond donors (Lipinski definition) is 1. The Kier molecular flexibility index (Phi) is 3.59. The molecule has 80 valence electrons. The third-order valence-electron chi connectivity index (χ3n) is 1.82. The lowest BCUT2D eigenvalue weighted by atomic mass is 9.75. The predicted molar refractivity (Wildman–Crippen MR) is 58.8 cm³/mol. The number of aliphatic hydroxyl groups is 1. The van der Waals surface area contributed by atoms with Crippen LogP contribution in [0.4, 0.5) is 0 Å². The first kappa shape index (κ1) is 13.0. The molecule has 0 unspecified atom stereocenters. The van der Waals surface area contributed by atoms with Crippen LogP contribution in [0.3, 0.4) is 0 Å². The van der Waals surface area contributed by atoms with Crippen LogP contribution in [0, 0.1) is 10.8 Å². The van der Waals surface area contributed by atoms with Crippen LogP contribution in [0.15, 0.2) is 0 Å². The molecule has 0 aliphatic carbocycles. The summed E-state index contributed by atoms with van der Waals surface area (Å²) in [6.45, 7) is 15.0. The highest BCUT2D eigenvalue weighted by molar-refractivity contribution is 4.83. The van der Waals surface area contributed by atoms with Gasteiger partial charge in [-0.05, 0) is 30.6 Å². The maximum Gasteiger partial charge on any atom is 0.0629 e. The lowest BCUT2D eigenvalue weighted by molar-refractivity contribution is -0.0143. The highest BCUT2D eigenvalue weighted by Crippen LogP contribution is 2.35. The van der Waals surface area contributed by atoms with Crippen molar-refractivity contribution in [2.24, 2.45) is 10.8 Å². The molecule has 1 heteroatoms. The topological polar surface area (TPSA) is 20.2 Å². The SMILES string of the molecule is CC(C)(C)CC(C)(O)CC(C)(C)C. The van der Waals surface area contributed by atoms with Crippen LogP contribution >= 0.6 is 0 Å². The first-order valence-corrected chi connectivity index (χ1v) is 5.14. The summed E-state index contributed by atoms with van der Waals surface area (Å²) < 4.78 is 0. The van der Waals surface area contributed by atoms with E-state index >= 15 is 0 Å². The molecule has 0 rings (SSSR count). The quantitative estimate of drug-likeness (QED) is 0.698. The average Bonchev–Trinajstić information content (AvgIpc) is 1.43. The standard InChI is InChI=1S/C12H26O/c1-10(2,3)8-12(7,13)9-11(4,5)6/h13H,8-9H2,1-7H3. The third kappa shape index (κ3) is 8.29. The molecule has 0 aliphatic rings. The molecule has 1 nitrogen and oxygen atoms in total. The Morgan fingerprint density at radius 1 is 0.692 bits per heavy atom. The summed E-state index contributed by atoms with van der Waals surface area (Å²) in [5.41, 5.74) is -0.125. The molecule has 0 aromatic rings. The van der Waals surface area contributed by atoms with E-state index in [1.807, 2.05) is 6.92 Å². The van der Waals surface area contributed by atoms with Crippen molar-refractivity contribution in [1.82, 2.24) is 0 Å². The molecule has 0 bridgehead atoms. The molecule has 0 aromatic carbocycles. The maximum atomic E-state index is 10.2. The molecule has 0 heterocycles. The van der Waals surface area contributed by atoms with E-state index in [9.17, 15) is 5.11 Å². The molecule has 0 fully saturated rings. The van der Waals surface area contributed by atoms with E-state index in [0.717, 1.165) is 12.8 Å². The fourth-order valence-electron chi connectivity index (χ4n) is 2.35. The summed E-state index contributed by atoms with van der Waals surface area (Å²) in [6.07, 6.45) is 1.72. The van der Waals surface area contributed by atoms with E-state index in [1.165, 1.54) is 0 Å². The molecule has 0 saturated carbocycles. The minimum atomic E-state index is -0.531. The average molecular weight is 186 g/mol. The zero-order valence-electron chi connectivity index (χ0n) is 10.4. The van der Waals surface area contributed by atoms with E-state index in [4.69, 9.17) is 0 Å². The fraction of sp³-hybridized carbons (Fsp3) is 1.00. The first-order valence-electron chi connectivity index (χ1n) is 5.14. The van der Waals surface area contributed by atoms with Crippen LogP contribution in [0.2, 0.25) is 0 Å². The van der Waals surface area contributed by atoms with Gasteiger partial charge in [0.05, 0.1) is 5.60 Å². The van der Waals surface area contributed by atoms with Crippen molar-refractivity contribution in [3.63, 3.8) is 0 Å². The van der Waals surface area contributed by atoms with E-state index < -0.39 is 5.60 Å². The minimum Gasteiger partial charge on any atom is -0.390 e. The van der Waals surface area contributed by atoms with E-state index in [0.29, 0.717) is 0 Å². The molecule has 1 N–H and O–H groups in total. The van der Waals surface area contributed by atoms with Gasteiger partial charge in [0, 0.05) is 0 Å². The van der Waals surface area contributed by atoms with Gasteiger partial charge in [0.2, 0.25) is 0 Å². The third-order valence-corrected chi connectivity index (χ3v) is 1.82. The summed E-state index contributed by atoms with van der Waals surface area (Å²) in [4.78, 5) is 0. The monoisotopic (exact) mass is 186 g/mol. The van der Waals surface area contributed by atoms with Gasteiger partial charge in [0.1, 0.15) is 0 Å². The van der Waals surface area contributed by atoms with Gasteiger partial charge in [0.15, 0.2) is 0 Å². The predicted octanol–water partition coefficient (Wildman–Crippen LogP) is 3.61. The molecule has 13 heavy (non-hydrogen) atoms. The summed E-state index contributed by atoms with van der Waals surface area (Å²) in [7, 11) is 0.